The standard InChI is InChI=1S/C15H8ClN5/c16-12-3-1-10(2-4-12)14-13(9-17)19-15(21-20-14)11-5-7-18-8-6-11/h1-8H. The van der Waals surface area contributed by atoms with Crippen molar-refractivity contribution in [2.75, 3.05) is 0 Å². The van der Waals surface area contributed by atoms with E-state index in [9.17, 15) is 5.26 Å². The van der Waals surface area contributed by atoms with E-state index < -0.39 is 0 Å². The molecule has 3 rings (SSSR count). The molecule has 0 N–H and O–H groups in total. The van der Waals surface area contributed by atoms with E-state index >= 15 is 0 Å². The van der Waals surface area contributed by atoms with Gasteiger partial charge in [-0.05, 0) is 24.3 Å². The molecule has 6 heteroatoms. The second-order valence-corrected chi connectivity index (χ2v) is 4.62. The second kappa shape index (κ2) is 5.65. The van der Waals surface area contributed by atoms with Gasteiger partial charge in [0.15, 0.2) is 11.5 Å². The smallest absolute Gasteiger partial charge is 0.183 e. The molecule has 3 aromatic rings. The number of hydrogen-bond donors (Lipinski definition) is 0. The van der Waals surface area contributed by atoms with Crippen molar-refractivity contribution in [3.8, 4) is 28.7 Å². The zero-order valence-electron chi connectivity index (χ0n) is 10.7. The van der Waals surface area contributed by atoms with Gasteiger partial charge >= 0.3 is 0 Å². The lowest BCUT2D eigenvalue weighted by Gasteiger charge is -2.04. The van der Waals surface area contributed by atoms with Gasteiger partial charge in [0.1, 0.15) is 11.8 Å². The lowest BCUT2D eigenvalue weighted by Crippen LogP contribution is -2.00. The molecule has 0 aliphatic heterocycles. The molecule has 0 saturated carbocycles. The minimum absolute atomic E-state index is 0.221. The molecule has 0 bridgehead atoms. The molecule has 0 aliphatic rings. The Balaban J connectivity index is 2.08. The molecule has 2 aromatic heterocycles. The predicted molar refractivity (Wildman–Crippen MR) is 78.2 cm³/mol. The van der Waals surface area contributed by atoms with Gasteiger partial charge in [0.25, 0.3) is 0 Å². The fourth-order valence-corrected chi connectivity index (χ4v) is 1.96. The molecule has 2 heterocycles. The maximum atomic E-state index is 9.29. The van der Waals surface area contributed by atoms with Crippen LogP contribution in [0.3, 0.4) is 0 Å². The molecule has 0 fully saturated rings. The van der Waals surface area contributed by atoms with Crippen molar-refractivity contribution in [2.45, 2.75) is 0 Å². The SMILES string of the molecule is N#Cc1nc(-c2ccncc2)nnc1-c1ccc(Cl)cc1. The van der Waals surface area contributed by atoms with E-state index in [1.165, 1.54) is 0 Å². The van der Waals surface area contributed by atoms with E-state index in [4.69, 9.17) is 11.6 Å². The van der Waals surface area contributed by atoms with Crippen LogP contribution in [0.2, 0.25) is 5.02 Å². The Morgan fingerprint density at radius 2 is 1.62 bits per heavy atom. The number of hydrogen-bond acceptors (Lipinski definition) is 5. The number of benzene rings is 1. The van der Waals surface area contributed by atoms with Gasteiger partial charge in [-0.15, -0.1) is 10.2 Å². The van der Waals surface area contributed by atoms with Gasteiger partial charge < -0.3 is 0 Å². The normalized spacial score (nSPS) is 10.1. The van der Waals surface area contributed by atoms with Gasteiger partial charge in [-0.1, -0.05) is 23.7 Å². The third-order valence-corrected chi connectivity index (χ3v) is 3.10. The van der Waals surface area contributed by atoms with Crippen LogP contribution >= 0.6 is 11.6 Å². The fourth-order valence-electron chi connectivity index (χ4n) is 1.83. The molecule has 0 spiro atoms. The summed E-state index contributed by atoms with van der Waals surface area (Å²) in [5, 5.41) is 18.1. The van der Waals surface area contributed by atoms with Crippen molar-refractivity contribution < 1.29 is 0 Å². The molecule has 0 amide bonds. The Morgan fingerprint density at radius 3 is 2.29 bits per heavy atom. The highest BCUT2D eigenvalue weighted by Gasteiger charge is 2.12. The Hall–Kier alpha value is -2.84. The van der Waals surface area contributed by atoms with Gasteiger partial charge in [-0.2, -0.15) is 5.26 Å². The highest BCUT2D eigenvalue weighted by atomic mass is 35.5. The van der Waals surface area contributed by atoms with Crippen LogP contribution in [-0.2, 0) is 0 Å². The third kappa shape index (κ3) is 2.71. The van der Waals surface area contributed by atoms with Crippen LogP contribution < -0.4 is 0 Å². The summed E-state index contributed by atoms with van der Waals surface area (Å²) in [7, 11) is 0. The van der Waals surface area contributed by atoms with Crippen LogP contribution in [0.1, 0.15) is 5.69 Å². The van der Waals surface area contributed by atoms with E-state index in [-0.39, 0.29) is 5.69 Å². The summed E-state index contributed by atoms with van der Waals surface area (Å²) in [6, 6.07) is 12.6. The van der Waals surface area contributed by atoms with Crippen LogP contribution in [0.25, 0.3) is 22.6 Å². The van der Waals surface area contributed by atoms with Gasteiger partial charge in [0, 0.05) is 28.5 Å². The number of aromatic nitrogens is 4. The van der Waals surface area contributed by atoms with Crippen molar-refractivity contribution in [3.05, 3.63) is 59.5 Å². The van der Waals surface area contributed by atoms with E-state index in [1.807, 2.05) is 0 Å². The molecule has 1 aromatic carbocycles. The molecule has 100 valence electrons. The van der Waals surface area contributed by atoms with E-state index in [2.05, 4.69) is 26.2 Å². The number of nitrogens with zero attached hydrogens (tertiary/aromatic N) is 5. The van der Waals surface area contributed by atoms with Crippen molar-refractivity contribution >= 4 is 11.6 Å². The molecule has 0 unspecified atom stereocenters. The zero-order valence-corrected chi connectivity index (χ0v) is 11.5. The maximum Gasteiger partial charge on any atom is 0.183 e. The molecule has 0 aliphatic carbocycles. The van der Waals surface area contributed by atoms with E-state index in [1.54, 1.807) is 48.8 Å². The van der Waals surface area contributed by atoms with Crippen LogP contribution in [0.5, 0.6) is 0 Å². The van der Waals surface area contributed by atoms with Crippen molar-refractivity contribution in [2.24, 2.45) is 0 Å². The first-order valence-electron chi connectivity index (χ1n) is 6.09. The van der Waals surface area contributed by atoms with Crippen LogP contribution in [0, 0.1) is 11.3 Å². The van der Waals surface area contributed by atoms with Crippen LogP contribution in [0.4, 0.5) is 0 Å². The lowest BCUT2D eigenvalue weighted by molar-refractivity contribution is 0.974. The second-order valence-electron chi connectivity index (χ2n) is 4.19. The Bertz CT molecular complexity index is 810. The number of nitriles is 1. The summed E-state index contributed by atoms with van der Waals surface area (Å²) in [6.45, 7) is 0. The lowest BCUT2D eigenvalue weighted by atomic mass is 10.1. The highest BCUT2D eigenvalue weighted by Crippen LogP contribution is 2.23. The number of pyridine rings is 1. The average Bonchev–Trinajstić information content (AvgIpc) is 2.56. The summed E-state index contributed by atoms with van der Waals surface area (Å²) in [6.07, 6.45) is 3.27. The Morgan fingerprint density at radius 1 is 0.905 bits per heavy atom. The quantitative estimate of drug-likeness (QED) is 0.725. The molecular formula is C15H8ClN5. The third-order valence-electron chi connectivity index (χ3n) is 2.85. The van der Waals surface area contributed by atoms with E-state index in [0.717, 1.165) is 11.1 Å². The van der Waals surface area contributed by atoms with Crippen LogP contribution in [-0.4, -0.2) is 20.2 Å². The Labute approximate surface area is 125 Å². The minimum Gasteiger partial charge on any atom is -0.265 e. The molecule has 21 heavy (non-hydrogen) atoms. The van der Waals surface area contributed by atoms with Gasteiger partial charge in [0.05, 0.1) is 0 Å². The summed E-state index contributed by atoms with van der Waals surface area (Å²) in [5.74, 6) is 0.395. The highest BCUT2D eigenvalue weighted by molar-refractivity contribution is 6.30. The fraction of sp³-hybridized carbons (Fsp3) is 0. The summed E-state index contributed by atoms with van der Waals surface area (Å²) in [4.78, 5) is 8.20. The van der Waals surface area contributed by atoms with Crippen molar-refractivity contribution in [3.63, 3.8) is 0 Å². The molecular weight excluding hydrogens is 286 g/mol. The zero-order chi connectivity index (χ0) is 14.7. The number of halogens is 1. The summed E-state index contributed by atoms with van der Waals surface area (Å²) < 4.78 is 0. The predicted octanol–water partition coefficient (Wildman–Crippen LogP) is 3.13. The molecule has 0 atom stereocenters. The van der Waals surface area contributed by atoms with Gasteiger partial charge in [-0.25, -0.2) is 4.98 Å². The minimum atomic E-state index is 0.221. The van der Waals surface area contributed by atoms with Crippen molar-refractivity contribution in [1.82, 2.24) is 20.2 Å². The molecule has 5 nitrogen and oxygen atoms in total. The first-order valence-corrected chi connectivity index (χ1v) is 6.47. The largest absolute Gasteiger partial charge is 0.265 e. The average molecular weight is 294 g/mol. The van der Waals surface area contributed by atoms with Crippen molar-refractivity contribution in [1.29, 1.82) is 5.26 Å². The topological polar surface area (TPSA) is 75.3 Å². The first kappa shape index (κ1) is 13.2. The van der Waals surface area contributed by atoms with E-state index in [0.29, 0.717) is 16.5 Å². The number of rotatable bonds is 2. The maximum absolute atomic E-state index is 9.29. The first-order chi connectivity index (χ1) is 10.3. The summed E-state index contributed by atoms with van der Waals surface area (Å²) in [5.41, 5.74) is 2.17. The van der Waals surface area contributed by atoms with Crippen LogP contribution in [0.15, 0.2) is 48.8 Å². The summed E-state index contributed by atoms with van der Waals surface area (Å²) >= 11 is 5.86. The molecule has 0 saturated heterocycles. The monoisotopic (exact) mass is 293 g/mol. The Kier molecular flexibility index (Phi) is 3.54. The van der Waals surface area contributed by atoms with Gasteiger partial charge in [0.2, 0.25) is 0 Å². The molecule has 0 radical (unpaired) electrons. The van der Waals surface area contributed by atoms with Gasteiger partial charge in [-0.3, -0.25) is 4.98 Å².